The van der Waals surface area contributed by atoms with E-state index in [1.807, 2.05) is 49.4 Å². The molecule has 1 aliphatic heterocycles. The maximum absolute atomic E-state index is 12.4. The second kappa shape index (κ2) is 9.53. The van der Waals surface area contributed by atoms with Gasteiger partial charge in [0.2, 0.25) is 0 Å². The molecule has 0 amide bonds. The molecule has 3 unspecified atom stereocenters. The molecule has 3 aromatic rings. The molecule has 1 N–H and O–H groups in total. The number of hydrogen-bond acceptors (Lipinski definition) is 4. The van der Waals surface area contributed by atoms with Crippen LogP contribution in [0.5, 0.6) is 5.75 Å². The van der Waals surface area contributed by atoms with E-state index in [-0.39, 0.29) is 17.9 Å². The van der Waals surface area contributed by atoms with E-state index in [1.165, 1.54) is 11.1 Å². The SMILES string of the molecule is CCCOC(=O)c1ccc2c(c1)C1C=CCC1C(c1ccccc1OCc1ccccc1)N2. The fourth-order valence-corrected chi connectivity index (χ4v) is 4.91. The van der Waals surface area contributed by atoms with E-state index in [2.05, 4.69) is 47.8 Å². The predicted octanol–water partition coefficient (Wildman–Crippen LogP) is 6.66. The number of hydrogen-bond donors (Lipinski definition) is 1. The van der Waals surface area contributed by atoms with E-state index in [0.717, 1.165) is 29.8 Å². The molecule has 0 bridgehead atoms. The predicted molar refractivity (Wildman–Crippen MR) is 131 cm³/mol. The smallest absolute Gasteiger partial charge is 0.338 e. The molecule has 168 valence electrons. The van der Waals surface area contributed by atoms with Gasteiger partial charge >= 0.3 is 5.97 Å². The molecule has 4 nitrogen and oxygen atoms in total. The lowest BCUT2D eigenvalue weighted by molar-refractivity contribution is 0.0505. The molecule has 0 aromatic heterocycles. The van der Waals surface area contributed by atoms with Gasteiger partial charge in [0.15, 0.2) is 0 Å². The van der Waals surface area contributed by atoms with Crippen molar-refractivity contribution in [2.24, 2.45) is 5.92 Å². The van der Waals surface area contributed by atoms with Gasteiger partial charge in [-0.15, -0.1) is 0 Å². The minimum atomic E-state index is -0.250. The van der Waals surface area contributed by atoms with Crippen molar-refractivity contribution in [2.45, 2.75) is 38.3 Å². The average Bonchev–Trinajstić information content (AvgIpc) is 3.36. The van der Waals surface area contributed by atoms with Crippen molar-refractivity contribution in [1.82, 2.24) is 0 Å². The Labute approximate surface area is 195 Å². The molecule has 3 atom stereocenters. The van der Waals surface area contributed by atoms with Gasteiger partial charge in [0.05, 0.1) is 18.2 Å². The molecular formula is C29H29NO3. The Bertz CT molecular complexity index is 1150. The molecule has 3 aromatic carbocycles. The summed E-state index contributed by atoms with van der Waals surface area (Å²) in [5.41, 5.74) is 5.17. The van der Waals surface area contributed by atoms with Gasteiger partial charge in [-0.05, 0) is 54.2 Å². The lowest BCUT2D eigenvalue weighted by Crippen LogP contribution is -2.29. The van der Waals surface area contributed by atoms with Crippen LogP contribution in [0.2, 0.25) is 0 Å². The zero-order valence-corrected chi connectivity index (χ0v) is 18.9. The van der Waals surface area contributed by atoms with E-state index < -0.39 is 0 Å². The number of anilines is 1. The zero-order valence-electron chi connectivity index (χ0n) is 18.9. The number of nitrogens with one attached hydrogen (secondary N) is 1. The molecule has 1 aliphatic carbocycles. The zero-order chi connectivity index (χ0) is 22.6. The monoisotopic (exact) mass is 439 g/mol. The fraction of sp³-hybridized carbons (Fsp3) is 0.276. The Hall–Kier alpha value is -3.53. The van der Waals surface area contributed by atoms with Gasteiger partial charge in [0.1, 0.15) is 12.4 Å². The molecule has 1 heterocycles. The third-order valence-corrected chi connectivity index (χ3v) is 6.53. The molecule has 2 aliphatic rings. The van der Waals surface area contributed by atoms with Crippen LogP contribution in [0.15, 0.2) is 84.9 Å². The Kier molecular flexibility index (Phi) is 6.16. The summed E-state index contributed by atoms with van der Waals surface area (Å²) in [4.78, 5) is 12.4. The minimum absolute atomic E-state index is 0.127. The molecular weight excluding hydrogens is 410 g/mol. The summed E-state index contributed by atoms with van der Waals surface area (Å²) < 4.78 is 11.6. The fourth-order valence-electron chi connectivity index (χ4n) is 4.91. The van der Waals surface area contributed by atoms with Crippen LogP contribution in [0.25, 0.3) is 0 Å². The van der Waals surface area contributed by atoms with E-state index in [9.17, 15) is 4.79 Å². The summed E-state index contributed by atoms with van der Waals surface area (Å²) in [5, 5.41) is 3.76. The first kappa shape index (κ1) is 21.3. The highest BCUT2D eigenvalue weighted by atomic mass is 16.5. The Morgan fingerprint density at radius 2 is 1.82 bits per heavy atom. The van der Waals surface area contributed by atoms with Crippen molar-refractivity contribution in [2.75, 3.05) is 11.9 Å². The van der Waals surface area contributed by atoms with E-state index in [1.54, 1.807) is 0 Å². The van der Waals surface area contributed by atoms with Crippen molar-refractivity contribution in [1.29, 1.82) is 0 Å². The summed E-state index contributed by atoms with van der Waals surface area (Å²) in [6, 6.07) is 24.6. The number of ether oxygens (including phenoxy) is 2. The van der Waals surface area contributed by atoms with Crippen LogP contribution in [0.3, 0.4) is 0 Å². The van der Waals surface area contributed by atoms with E-state index >= 15 is 0 Å². The molecule has 0 spiro atoms. The lowest BCUT2D eigenvalue weighted by Gasteiger charge is -2.38. The largest absolute Gasteiger partial charge is 0.489 e. The summed E-state index contributed by atoms with van der Waals surface area (Å²) in [7, 11) is 0. The molecule has 5 rings (SSSR count). The molecule has 4 heteroatoms. The molecule has 33 heavy (non-hydrogen) atoms. The normalized spacial score (nSPS) is 20.5. The first-order valence-corrected chi connectivity index (χ1v) is 11.7. The number of carbonyl (C=O) groups excluding carboxylic acids is 1. The summed E-state index contributed by atoms with van der Waals surface area (Å²) >= 11 is 0. The molecule has 0 radical (unpaired) electrons. The van der Waals surface area contributed by atoms with Crippen LogP contribution < -0.4 is 10.1 Å². The number of rotatable bonds is 7. The van der Waals surface area contributed by atoms with Crippen molar-refractivity contribution in [3.63, 3.8) is 0 Å². The van der Waals surface area contributed by atoms with Crippen LogP contribution in [0.4, 0.5) is 5.69 Å². The Morgan fingerprint density at radius 1 is 1.00 bits per heavy atom. The number of fused-ring (bicyclic) bond motifs is 3. The summed E-state index contributed by atoms with van der Waals surface area (Å²) in [6.07, 6.45) is 6.35. The standard InChI is InChI=1S/C29H29NO3/c1-2-17-32-29(31)21-15-16-26-25(18-21)22-12-8-13-23(22)28(30-26)24-11-6-7-14-27(24)33-19-20-9-4-3-5-10-20/h3-12,14-16,18,22-23,28,30H,2,13,17,19H2,1H3. The van der Waals surface area contributed by atoms with Crippen molar-refractivity contribution in [3.8, 4) is 5.75 Å². The highest BCUT2D eigenvalue weighted by Gasteiger charge is 2.39. The second-order valence-corrected chi connectivity index (χ2v) is 8.73. The van der Waals surface area contributed by atoms with Gasteiger partial charge in [0.25, 0.3) is 0 Å². The highest BCUT2D eigenvalue weighted by Crippen LogP contribution is 2.51. The van der Waals surface area contributed by atoms with Crippen molar-refractivity contribution < 1.29 is 14.3 Å². The van der Waals surface area contributed by atoms with Crippen molar-refractivity contribution in [3.05, 3.63) is 107 Å². The van der Waals surface area contributed by atoms with Crippen LogP contribution >= 0.6 is 0 Å². The van der Waals surface area contributed by atoms with Crippen molar-refractivity contribution >= 4 is 11.7 Å². The first-order chi connectivity index (χ1) is 16.2. The van der Waals surface area contributed by atoms with E-state index in [4.69, 9.17) is 9.47 Å². The third-order valence-electron chi connectivity index (χ3n) is 6.53. The number of benzene rings is 3. The molecule has 0 saturated carbocycles. The Morgan fingerprint density at radius 3 is 2.67 bits per heavy atom. The maximum Gasteiger partial charge on any atom is 0.338 e. The molecule has 0 saturated heterocycles. The highest BCUT2D eigenvalue weighted by molar-refractivity contribution is 5.90. The number of allylic oxidation sites excluding steroid dienone is 2. The average molecular weight is 440 g/mol. The second-order valence-electron chi connectivity index (χ2n) is 8.73. The van der Waals surface area contributed by atoms with Gasteiger partial charge in [-0.3, -0.25) is 0 Å². The number of esters is 1. The van der Waals surface area contributed by atoms with Gasteiger partial charge in [-0.1, -0.05) is 67.6 Å². The topological polar surface area (TPSA) is 47.6 Å². The quantitative estimate of drug-likeness (QED) is 0.330. The van der Waals surface area contributed by atoms with Crippen LogP contribution in [0.1, 0.15) is 58.8 Å². The van der Waals surface area contributed by atoms with Crippen LogP contribution in [-0.2, 0) is 11.3 Å². The first-order valence-electron chi connectivity index (χ1n) is 11.7. The van der Waals surface area contributed by atoms with Gasteiger partial charge < -0.3 is 14.8 Å². The van der Waals surface area contributed by atoms with Crippen LogP contribution in [-0.4, -0.2) is 12.6 Å². The number of para-hydroxylation sites is 1. The summed E-state index contributed by atoms with van der Waals surface area (Å²) in [6.45, 7) is 2.98. The number of carbonyl (C=O) groups is 1. The Balaban J connectivity index is 1.42. The van der Waals surface area contributed by atoms with Gasteiger partial charge in [0, 0.05) is 17.2 Å². The lowest BCUT2D eigenvalue weighted by atomic mass is 9.76. The van der Waals surface area contributed by atoms with Gasteiger partial charge in [-0.2, -0.15) is 0 Å². The van der Waals surface area contributed by atoms with Gasteiger partial charge in [-0.25, -0.2) is 4.79 Å². The minimum Gasteiger partial charge on any atom is -0.489 e. The maximum atomic E-state index is 12.4. The third kappa shape index (κ3) is 4.38. The van der Waals surface area contributed by atoms with E-state index in [0.29, 0.717) is 24.7 Å². The summed E-state index contributed by atoms with van der Waals surface area (Å²) in [5.74, 6) is 1.28. The van der Waals surface area contributed by atoms with Crippen LogP contribution in [0, 0.1) is 5.92 Å². The molecule has 0 fully saturated rings.